The third-order valence-corrected chi connectivity index (χ3v) is 3.05. The monoisotopic (exact) mass is 238 g/mol. The number of amidine groups is 1. The zero-order chi connectivity index (χ0) is 12.5. The third kappa shape index (κ3) is 4.86. The summed E-state index contributed by atoms with van der Waals surface area (Å²) < 4.78 is 0. The van der Waals surface area contributed by atoms with Gasteiger partial charge in [-0.3, -0.25) is 0 Å². The first-order valence-corrected chi connectivity index (χ1v) is 6.89. The van der Waals surface area contributed by atoms with Crippen molar-refractivity contribution in [1.29, 1.82) is 0 Å². The Morgan fingerprint density at radius 2 is 1.76 bits per heavy atom. The average molecular weight is 238 g/mol. The van der Waals surface area contributed by atoms with E-state index in [1.165, 1.54) is 5.71 Å². The highest BCUT2D eigenvalue weighted by atomic mass is 15.3. The van der Waals surface area contributed by atoms with Crippen LogP contribution in [0.4, 0.5) is 0 Å². The van der Waals surface area contributed by atoms with Gasteiger partial charge in [-0.15, -0.1) is 5.10 Å². The van der Waals surface area contributed by atoms with Crippen LogP contribution in [0, 0.1) is 0 Å². The van der Waals surface area contributed by atoms with Gasteiger partial charge in [0.2, 0.25) is 0 Å². The van der Waals surface area contributed by atoms with E-state index < -0.39 is 0 Å². The van der Waals surface area contributed by atoms with E-state index in [4.69, 9.17) is 0 Å². The Labute approximate surface area is 105 Å². The van der Waals surface area contributed by atoms with Crippen LogP contribution in [0.3, 0.4) is 0 Å². The lowest BCUT2D eigenvalue weighted by molar-refractivity contribution is 0.351. The maximum absolute atomic E-state index is 4.46. The molecule has 0 bridgehead atoms. The fourth-order valence-electron chi connectivity index (χ4n) is 2.00. The largest absolute Gasteiger partial charge is 0.356 e. The fraction of sp³-hybridized carbons (Fsp3) is 0.846. The van der Waals surface area contributed by atoms with Gasteiger partial charge in [-0.2, -0.15) is 5.10 Å². The molecule has 0 aromatic carbocycles. The quantitative estimate of drug-likeness (QED) is 0.453. The molecule has 0 spiro atoms. The molecule has 1 saturated heterocycles. The fourth-order valence-corrected chi connectivity index (χ4v) is 2.00. The maximum Gasteiger partial charge on any atom is 0.127 e. The molecular formula is C13H26N4. The molecule has 1 heterocycles. The summed E-state index contributed by atoms with van der Waals surface area (Å²) in [4.78, 5) is 2.35. The van der Waals surface area contributed by atoms with Gasteiger partial charge < -0.3 is 10.2 Å². The zero-order valence-corrected chi connectivity index (χ0v) is 11.5. The van der Waals surface area contributed by atoms with Crippen LogP contribution >= 0.6 is 0 Å². The predicted molar refractivity (Wildman–Crippen MR) is 74.8 cm³/mol. The summed E-state index contributed by atoms with van der Waals surface area (Å²) in [6.45, 7) is 10.7. The van der Waals surface area contributed by atoms with E-state index in [1.54, 1.807) is 0 Å². The molecule has 0 amide bonds. The van der Waals surface area contributed by atoms with Crippen molar-refractivity contribution in [3.63, 3.8) is 0 Å². The van der Waals surface area contributed by atoms with E-state index in [-0.39, 0.29) is 0 Å². The molecule has 1 fully saturated rings. The lowest BCUT2D eigenvalue weighted by atomic mass is 10.2. The highest BCUT2D eigenvalue weighted by molar-refractivity contribution is 5.86. The van der Waals surface area contributed by atoms with Crippen LogP contribution in [0.2, 0.25) is 0 Å². The summed E-state index contributed by atoms with van der Waals surface area (Å²) in [5, 5.41) is 12.2. The van der Waals surface area contributed by atoms with Gasteiger partial charge >= 0.3 is 0 Å². The van der Waals surface area contributed by atoms with Gasteiger partial charge in [-0.25, -0.2) is 0 Å². The van der Waals surface area contributed by atoms with Gasteiger partial charge in [0.25, 0.3) is 0 Å². The number of hydrogen-bond acceptors (Lipinski definition) is 3. The highest BCUT2D eigenvalue weighted by Gasteiger charge is 2.12. The van der Waals surface area contributed by atoms with Crippen LogP contribution in [0.1, 0.15) is 46.5 Å². The SMILES string of the molecule is CCC/C(CC)=N/N=C(\CC)N1CCNCC1. The Balaban J connectivity index is 2.63. The second kappa shape index (κ2) is 8.23. The van der Waals surface area contributed by atoms with Crippen LogP contribution in [0.5, 0.6) is 0 Å². The Morgan fingerprint density at radius 1 is 1.06 bits per heavy atom. The summed E-state index contributed by atoms with van der Waals surface area (Å²) in [6.07, 6.45) is 4.19. The minimum absolute atomic E-state index is 0.965. The lowest BCUT2D eigenvalue weighted by Crippen LogP contribution is -2.46. The molecular weight excluding hydrogens is 212 g/mol. The molecule has 0 aromatic rings. The van der Waals surface area contributed by atoms with E-state index in [9.17, 15) is 0 Å². The summed E-state index contributed by atoms with van der Waals surface area (Å²) in [5.74, 6) is 1.13. The molecule has 0 unspecified atom stereocenters. The smallest absolute Gasteiger partial charge is 0.127 e. The second-order valence-corrected chi connectivity index (χ2v) is 4.38. The van der Waals surface area contributed by atoms with Crippen molar-refractivity contribution < 1.29 is 0 Å². The molecule has 98 valence electrons. The molecule has 0 radical (unpaired) electrons. The molecule has 0 aliphatic carbocycles. The number of rotatable bonds is 5. The molecule has 1 rings (SSSR count). The van der Waals surface area contributed by atoms with E-state index in [1.807, 2.05) is 0 Å². The molecule has 4 heteroatoms. The summed E-state index contributed by atoms with van der Waals surface area (Å²) in [7, 11) is 0. The molecule has 17 heavy (non-hydrogen) atoms. The number of nitrogens with one attached hydrogen (secondary N) is 1. The van der Waals surface area contributed by atoms with Crippen LogP contribution in [-0.4, -0.2) is 42.6 Å². The molecule has 0 saturated carbocycles. The van der Waals surface area contributed by atoms with Crippen molar-refractivity contribution in [1.82, 2.24) is 10.2 Å². The van der Waals surface area contributed by atoms with Crippen molar-refractivity contribution in [2.24, 2.45) is 10.2 Å². The van der Waals surface area contributed by atoms with Crippen molar-refractivity contribution >= 4 is 11.5 Å². The van der Waals surface area contributed by atoms with Gasteiger partial charge in [0.15, 0.2) is 0 Å². The van der Waals surface area contributed by atoms with Gasteiger partial charge in [-0.1, -0.05) is 27.2 Å². The van der Waals surface area contributed by atoms with Crippen molar-refractivity contribution in [3.8, 4) is 0 Å². The molecule has 1 aliphatic rings. The van der Waals surface area contributed by atoms with Gasteiger partial charge in [-0.05, 0) is 12.8 Å². The van der Waals surface area contributed by atoms with E-state index in [2.05, 4.69) is 41.2 Å². The van der Waals surface area contributed by atoms with Crippen molar-refractivity contribution in [2.45, 2.75) is 46.5 Å². The second-order valence-electron chi connectivity index (χ2n) is 4.38. The topological polar surface area (TPSA) is 40.0 Å². The summed E-state index contributed by atoms with van der Waals surface area (Å²) >= 11 is 0. The van der Waals surface area contributed by atoms with Crippen LogP contribution in [0.25, 0.3) is 0 Å². The summed E-state index contributed by atoms with van der Waals surface area (Å²) in [5.41, 5.74) is 1.22. The molecule has 0 atom stereocenters. The first-order chi connectivity index (χ1) is 8.31. The van der Waals surface area contributed by atoms with E-state index >= 15 is 0 Å². The number of nitrogens with zero attached hydrogens (tertiary/aromatic N) is 3. The minimum atomic E-state index is 0.965. The van der Waals surface area contributed by atoms with Crippen molar-refractivity contribution in [3.05, 3.63) is 0 Å². The third-order valence-electron chi connectivity index (χ3n) is 3.05. The van der Waals surface area contributed by atoms with Crippen LogP contribution < -0.4 is 5.32 Å². The molecule has 0 aromatic heterocycles. The lowest BCUT2D eigenvalue weighted by Gasteiger charge is -2.29. The maximum atomic E-state index is 4.46. The van der Waals surface area contributed by atoms with E-state index in [0.717, 1.165) is 57.7 Å². The molecule has 1 N–H and O–H groups in total. The molecule has 4 nitrogen and oxygen atoms in total. The Morgan fingerprint density at radius 3 is 2.29 bits per heavy atom. The van der Waals surface area contributed by atoms with E-state index in [0.29, 0.717) is 0 Å². The number of hydrogen-bond donors (Lipinski definition) is 1. The summed E-state index contributed by atoms with van der Waals surface area (Å²) in [6, 6.07) is 0. The Bertz CT molecular complexity index is 265. The van der Waals surface area contributed by atoms with Crippen LogP contribution in [0.15, 0.2) is 10.2 Å². The minimum Gasteiger partial charge on any atom is -0.356 e. The first-order valence-electron chi connectivity index (χ1n) is 6.89. The normalized spacial score (nSPS) is 18.6. The van der Waals surface area contributed by atoms with Crippen molar-refractivity contribution in [2.75, 3.05) is 26.2 Å². The zero-order valence-electron chi connectivity index (χ0n) is 11.5. The van der Waals surface area contributed by atoms with Gasteiger partial charge in [0, 0.05) is 38.3 Å². The standard InChI is InChI=1S/C13H26N4/c1-4-7-12(5-2)15-16-13(6-3)17-10-8-14-9-11-17/h14H,4-11H2,1-3H3/b15-12+,16-13+. The van der Waals surface area contributed by atoms with Crippen LogP contribution in [-0.2, 0) is 0 Å². The Hall–Kier alpha value is -0.900. The van der Waals surface area contributed by atoms with Gasteiger partial charge in [0.05, 0.1) is 0 Å². The predicted octanol–water partition coefficient (Wildman–Crippen LogP) is 2.27. The average Bonchev–Trinajstić information content (AvgIpc) is 2.39. The molecule has 1 aliphatic heterocycles. The first kappa shape index (κ1) is 14.2. The number of piperazine rings is 1. The Kier molecular flexibility index (Phi) is 6.86. The highest BCUT2D eigenvalue weighted by Crippen LogP contribution is 2.02. The van der Waals surface area contributed by atoms with Gasteiger partial charge in [0.1, 0.15) is 5.84 Å².